The monoisotopic (exact) mass is 484 g/mol. The number of imidazole rings is 1. The average Bonchev–Trinajstić information content (AvgIpc) is 3.37. The van der Waals surface area contributed by atoms with Crippen LogP contribution in [0.1, 0.15) is 23.0 Å². The number of halogens is 1. The highest BCUT2D eigenvalue weighted by atomic mass is 35.5. The molecule has 0 bridgehead atoms. The molecule has 0 saturated carbocycles. The molecule has 0 unspecified atom stereocenters. The Morgan fingerprint density at radius 1 is 1.27 bits per heavy atom. The maximum Gasteiger partial charge on any atom is 0.341 e. The van der Waals surface area contributed by atoms with Gasteiger partial charge in [-0.3, -0.25) is 14.9 Å². The smallest absolute Gasteiger partial charge is 0.341 e. The van der Waals surface area contributed by atoms with Crippen LogP contribution >= 0.6 is 22.9 Å². The number of nitrogens with one attached hydrogen (secondary N) is 1. The van der Waals surface area contributed by atoms with Crippen LogP contribution in [-0.4, -0.2) is 32.8 Å². The number of non-ortho nitro benzene ring substituents is 1. The van der Waals surface area contributed by atoms with Crippen molar-refractivity contribution in [3.8, 4) is 11.1 Å². The lowest BCUT2D eigenvalue weighted by Crippen LogP contribution is -2.16. The Labute approximate surface area is 196 Å². The fourth-order valence-electron chi connectivity index (χ4n) is 3.29. The number of esters is 1. The minimum atomic E-state index is -0.627. The average molecular weight is 485 g/mol. The van der Waals surface area contributed by atoms with Gasteiger partial charge in [0.1, 0.15) is 16.2 Å². The SMILES string of the molecule is CCOC(=O)c1c(-c2cccc([N+](=O)[O-])c2)csc1NC(=O)Cc1cn2cc(Cl)ccc2n1. The second-order valence-corrected chi connectivity index (χ2v) is 8.27. The molecule has 9 nitrogen and oxygen atoms in total. The number of carbonyl (C=O) groups is 2. The molecule has 4 aromatic rings. The molecule has 0 saturated heterocycles. The molecule has 0 aliphatic rings. The molecule has 0 radical (unpaired) electrons. The van der Waals surface area contributed by atoms with E-state index in [-0.39, 0.29) is 30.2 Å². The van der Waals surface area contributed by atoms with E-state index in [1.165, 1.54) is 18.2 Å². The van der Waals surface area contributed by atoms with Gasteiger partial charge in [0, 0.05) is 35.5 Å². The van der Waals surface area contributed by atoms with Crippen LogP contribution in [0.5, 0.6) is 0 Å². The van der Waals surface area contributed by atoms with E-state index in [9.17, 15) is 19.7 Å². The molecular weight excluding hydrogens is 468 g/mol. The van der Waals surface area contributed by atoms with E-state index in [2.05, 4.69) is 10.3 Å². The van der Waals surface area contributed by atoms with Crippen molar-refractivity contribution in [2.45, 2.75) is 13.3 Å². The van der Waals surface area contributed by atoms with E-state index in [0.717, 1.165) is 11.3 Å². The van der Waals surface area contributed by atoms with E-state index in [1.807, 2.05) is 0 Å². The first-order valence-electron chi connectivity index (χ1n) is 9.82. The quantitative estimate of drug-likeness (QED) is 0.224. The number of carbonyl (C=O) groups excluding carboxylic acids is 2. The van der Waals surface area contributed by atoms with Gasteiger partial charge in [0.25, 0.3) is 5.69 Å². The van der Waals surface area contributed by atoms with Crippen molar-refractivity contribution < 1.29 is 19.2 Å². The summed E-state index contributed by atoms with van der Waals surface area (Å²) in [6.07, 6.45) is 3.37. The summed E-state index contributed by atoms with van der Waals surface area (Å²) < 4.78 is 6.89. The number of aromatic nitrogens is 2. The van der Waals surface area contributed by atoms with Crippen molar-refractivity contribution in [2.75, 3.05) is 11.9 Å². The molecule has 1 aromatic carbocycles. The molecule has 3 aromatic heterocycles. The van der Waals surface area contributed by atoms with Crippen LogP contribution in [0.2, 0.25) is 5.02 Å². The molecule has 4 rings (SSSR count). The number of rotatable bonds is 7. The van der Waals surface area contributed by atoms with Gasteiger partial charge in [0.05, 0.1) is 28.7 Å². The summed E-state index contributed by atoms with van der Waals surface area (Å²) in [6.45, 7) is 1.81. The summed E-state index contributed by atoms with van der Waals surface area (Å²) in [7, 11) is 0. The lowest BCUT2D eigenvalue weighted by atomic mass is 10.0. The zero-order chi connectivity index (χ0) is 23.5. The van der Waals surface area contributed by atoms with Crippen LogP contribution in [-0.2, 0) is 16.0 Å². The number of pyridine rings is 1. The van der Waals surface area contributed by atoms with Crippen LogP contribution in [0.25, 0.3) is 16.8 Å². The normalized spacial score (nSPS) is 10.8. The molecule has 33 heavy (non-hydrogen) atoms. The van der Waals surface area contributed by atoms with Gasteiger partial charge in [-0.15, -0.1) is 11.3 Å². The van der Waals surface area contributed by atoms with Crippen molar-refractivity contribution in [1.82, 2.24) is 9.38 Å². The molecule has 0 spiro atoms. The molecule has 0 aliphatic carbocycles. The highest BCUT2D eigenvalue weighted by Gasteiger charge is 2.24. The third kappa shape index (κ3) is 4.86. The number of amides is 1. The van der Waals surface area contributed by atoms with Gasteiger partial charge in [-0.1, -0.05) is 23.7 Å². The van der Waals surface area contributed by atoms with Crippen molar-refractivity contribution in [1.29, 1.82) is 0 Å². The highest BCUT2D eigenvalue weighted by Crippen LogP contribution is 2.37. The number of hydrogen-bond acceptors (Lipinski definition) is 7. The maximum atomic E-state index is 12.7. The Morgan fingerprint density at radius 2 is 2.09 bits per heavy atom. The number of thiophene rings is 1. The fourth-order valence-corrected chi connectivity index (χ4v) is 4.43. The van der Waals surface area contributed by atoms with Crippen LogP contribution in [0.4, 0.5) is 10.7 Å². The number of nitrogens with zero attached hydrogens (tertiary/aromatic N) is 3. The number of ether oxygens (including phenoxy) is 1. The molecule has 11 heteroatoms. The first-order valence-corrected chi connectivity index (χ1v) is 11.1. The van der Waals surface area contributed by atoms with E-state index in [0.29, 0.717) is 32.5 Å². The number of anilines is 1. The first-order chi connectivity index (χ1) is 15.9. The lowest BCUT2D eigenvalue weighted by molar-refractivity contribution is -0.384. The van der Waals surface area contributed by atoms with Gasteiger partial charge < -0.3 is 14.5 Å². The maximum absolute atomic E-state index is 12.7. The summed E-state index contributed by atoms with van der Waals surface area (Å²) in [5.41, 5.74) is 2.14. The van der Waals surface area contributed by atoms with Gasteiger partial charge >= 0.3 is 5.97 Å². The number of benzene rings is 1. The van der Waals surface area contributed by atoms with Crippen LogP contribution in [0, 0.1) is 10.1 Å². The summed E-state index contributed by atoms with van der Waals surface area (Å²) in [5, 5.41) is 16.4. The van der Waals surface area contributed by atoms with E-state index in [4.69, 9.17) is 16.3 Å². The fraction of sp³-hybridized carbons (Fsp3) is 0.136. The van der Waals surface area contributed by atoms with E-state index >= 15 is 0 Å². The van der Waals surface area contributed by atoms with E-state index < -0.39 is 10.9 Å². The van der Waals surface area contributed by atoms with Crippen molar-refractivity contribution in [2.24, 2.45) is 0 Å². The van der Waals surface area contributed by atoms with E-state index in [1.54, 1.807) is 47.3 Å². The molecule has 0 aliphatic heterocycles. The topological polar surface area (TPSA) is 116 Å². The lowest BCUT2D eigenvalue weighted by Gasteiger charge is -2.08. The van der Waals surface area contributed by atoms with Crippen LogP contribution in [0.3, 0.4) is 0 Å². The Bertz CT molecular complexity index is 1380. The predicted octanol–water partition coefficient (Wildman–Crippen LogP) is 4.98. The number of hydrogen-bond donors (Lipinski definition) is 1. The standard InChI is InChI=1S/C22H17ClN4O5S/c1-2-32-22(29)20-17(13-4-3-5-16(8-13)27(30)31)12-33-21(20)25-19(28)9-15-11-26-10-14(23)6-7-18(26)24-15/h3-8,10-12H,2,9H2,1H3,(H,25,28). The molecule has 3 heterocycles. The van der Waals surface area contributed by atoms with Crippen molar-refractivity contribution in [3.63, 3.8) is 0 Å². The number of nitro benzene ring substituents is 1. The second-order valence-electron chi connectivity index (χ2n) is 6.95. The Hall–Kier alpha value is -3.76. The second kappa shape index (κ2) is 9.39. The van der Waals surface area contributed by atoms with Crippen LogP contribution < -0.4 is 5.32 Å². The number of fused-ring (bicyclic) bond motifs is 1. The predicted molar refractivity (Wildman–Crippen MR) is 125 cm³/mol. The first kappa shape index (κ1) is 22.4. The van der Waals surface area contributed by atoms with Crippen LogP contribution in [0.15, 0.2) is 54.2 Å². The number of nitro groups is 1. The zero-order valence-corrected chi connectivity index (χ0v) is 18.9. The Balaban J connectivity index is 1.62. The van der Waals surface area contributed by atoms with Crippen molar-refractivity contribution >= 4 is 51.1 Å². The Morgan fingerprint density at radius 3 is 2.85 bits per heavy atom. The summed E-state index contributed by atoms with van der Waals surface area (Å²) >= 11 is 7.13. The zero-order valence-electron chi connectivity index (χ0n) is 17.3. The third-order valence-electron chi connectivity index (χ3n) is 4.70. The minimum absolute atomic E-state index is 0.0222. The minimum Gasteiger partial charge on any atom is -0.462 e. The molecule has 1 N–H and O–H groups in total. The molecule has 0 atom stereocenters. The van der Waals surface area contributed by atoms with Crippen molar-refractivity contribution in [3.05, 3.63) is 80.6 Å². The third-order valence-corrected chi connectivity index (χ3v) is 5.82. The molecule has 0 fully saturated rings. The summed E-state index contributed by atoms with van der Waals surface area (Å²) in [6, 6.07) is 9.38. The Kier molecular flexibility index (Phi) is 6.38. The van der Waals surface area contributed by atoms with Gasteiger partial charge in [-0.05, 0) is 24.6 Å². The summed E-state index contributed by atoms with van der Waals surface area (Å²) in [4.78, 5) is 40.5. The van der Waals surface area contributed by atoms with Gasteiger partial charge in [0.15, 0.2) is 0 Å². The van der Waals surface area contributed by atoms with Gasteiger partial charge in [-0.2, -0.15) is 0 Å². The molecule has 168 valence electrons. The highest BCUT2D eigenvalue weighted by molar-refractivity contribution is 7.15. The molecular formula is C22H17ClN4O5S. The molecule has 1 amide bonds. The van der Waals surface area contributed by atoms with Gasteiger partial charge in [-0.25, -0.2) is 9.78 Å². The summed E-state index contributed by atoms with van der Waals surface area (Å²) in [5.74, 6) is -1.000. The largest absolute Gasteiger partial charge is 0.462 e. The van der Waals surface area contributed by atoms with Gasteiger partial charge in [0.2, 0.25) is 5.91 Å².